The summed E-state index contributed by atoms with van der Waals surface area (Å²) in [6, 6.07) is 10.7. The molecule has 9 heteroatoms. The van der Waals surface area contributed by atoms with E-state index in [0.29, 0.717) is 18.5 Å². The van der Waals surface area contributed by atoms with Gasteiger partial charge in [-0.05, 0) is 67.7 Å². The molecule has 1 aliphatic rings. The van der Waals surface area contributed by atoms with Crippen molar-refractivity contribution in [2.75, 3.05) is 26.7 Å². The van der Waals surface area contributed by atoms with Crippen LogP contribution in [0.5, 0.6) is 17.4 Å². The number of rotatable bonds is 9. The lowest BCUT2D eigenvalue weighted by Crippen LogP contribution is -2.42. The third-order valence-electron chi connectivity index (χ3n) is 5.97. The Balaban J connectivity index is 1.24. The number of ether oxygens (including phenoxy) is 2. The number of pyridine rings is 2. The molecule has 0 aliphatic carbocycles. The average molecular weight is 459 g/mol. The molecule has 33 heavy (non-hydrogen) atoms. The van der Waals surface area contributed by atoms with Crippen LogP contribution in [0.3, 0.4) is 0 Å². The topological polar surface area (TPSA) is 79.7 Å². The molecule has 0 saturated carbocycles. The molecule has 1 saturated heterocycles. The van der Waals surface area contributed by atoms with Crippen LogP contribution in [0.15, 0.2) is 42.6 Å². The van der Waals surface area contributed by atoms with E-state index >= 15 is 0 Å². The minimum atomic E-state index is -2.96. The largest absolute Gasteiger partial charge is 0.504 e. The number of nitrogens with zero attached hydrogens (tertiary/aromatic N) is 3. The summed E-state index contributed by atoms with van der Waals surface area (Å²) in [5.74, 6) is 0.103. The molecule has 0 radical (unpaired) electrons. The Morgan fingerprint density at radius 1 is 1.18 bits per heavy atom. The Bertz CT molecular complexity index is 1070. The maximum absolute atomic E-state index is 12.3. The van der Waals surface area contributed by atoms with Crippen molar-refractivity contribution in [3.05, 3.63) is 53.7 Å². The monoisotopic (exact) mass is 458 g/mol. The molecule has 0 amide bonds. The zero-order valence-corrected chi connectivity index (χ0v) is 18.5. The smallest absolute Gasteiger partial charge is 0.387 e. The lowest BCUT2D eigenvalue weighted by atomic mass is 10.0. The van der Waals surface area contributed by atoms with Crippen LogP contribution in [0.4, 0.5) is 8.78 Å². The standard InChI is InChI=1S/C24H28F2N4O3/c1-32-22-5-3-19-23(29-22)17(6-10-27-19)7-11-30-12-8-18(9-13-30)28-15-16-2-4-21(20(31)14-16)33-24(25)26/h2-6,10,14,18,24,28,31H,7-9,11-13,15H2,1H3. The maximum Gasteiger partial charge on any atom is 0.387 e. The summed E-state index contributed by atoms with van der Waals surface area (Å²) < 4.78 is 34.2. The van der Waals surface area contributed by atoms with Crippen molar-refractivity contribution in [2.24, 2.45) is 0 Å². The van der Waals surface area contributed by atoms with Crippen LogP contribution in [0, 0.1) is 0 Å². The van der Waals surface area contributed by atoms with Crippen molar-refractivity contribution in [2.45, 2.75) is 38.5 Å². The third kappa shape index (κ3) is 6.06. The van der Waals surface area contributed by atoms with E-state index in [1.165, 1.54) is 17.7 Å². The van der Waals surface area contributed by atoms with Crippen molar-refractivity contribution >= 4 is 11.0 Å². The fourth-order valence-electron chi connectivity index (χ4n) is 4.15. The SMILES string of the molecule is COc1ccc2nccc(CCN3CCC(NCc4ccc(OC(F)F)c(O)c4)CC3)c2n1. The highest BCUT2D eigenvalue weighted by atomic mass is 19.3. The molecule has 1 aliphatic heterocycles. The number of nitrogens with one attached hydrogen (secondary N) is 1. The van der Waals surface area contributed by atoms with Gasteiger partial charge in [0.15, 0.2) is 11.5 Å². The van der Waals surface area contributed by atoms with Gasteiger partial charge >= 0.3 is 6.61 Å². The molecule has 0 bridgehead atoms. The van der Waals surface area contributed by atoms with E-state index in [4.69, 9.17) is 4.74 Å². The highest BCUT2D eigenvalue weighted by Crippen LogP contribution is 2.28. The van der Waals surface area contributed by atoms with E-state index in [2.05, 4.69) is 24.9 Å². The molecule has 0 spiro atoms. The first kappa shape index (κ1) is 23.1. The Labute approximate surface area is 191 Å². The lowest BCUT2D eigenvalue weighted by molar-refractivity contribution is -0.0512. The summed E-state index contributed by atoms with van der Waals surface area (Å²) in [6.07, 6.45) is 4.75. The normalized spacial score (nSPS) is 15.3. The molecule has 3 aromatic rings. The van der Waals surface area contributed by atoms with Gasteiger partial charge in [0.05, 0.1) is 18.1 Å². The van der Waals surface area contributed by atoms with Crippen LogP contribution in [0.1, 0.15) is 24.0 Å². The predicted molar refractivity (Wildman–Crippen MR) is 121 cm³/mol. The Morgan fingerprint density at radius 2 is 2.00 bits per heavy atom. The van der Waals surface area contributed by atoms with E-state index in [1.807, 2.05) is 24.4 Å². The second kappa shape index (κ2) is 10.7. The van der Waals surface area contributed by atoms with Gasteiger partial charge in [-0.1, -0.05) is 6.07 Å². The number of aromatic nitrogens is 2. The van der Waals surface area contributed by atoms with E-state index in [1.54, 1.807) is 13.2 Å². The van der Waals surface area contributed by atoms with Crippen LogP contribution in [-0.2, 0) is 13.0 Å². The number of phenols is 1. The van der Waals surface area contributed by atoms with Crippen LogP contribution in [0.25, 0.3) is 11.0 Å². The molecule has 1 aromatic carbocycles. The summed E-state index contributed by atoms with van der Waals surface area (Å²) >= 11 is 0. The fourth-order valence-corrected chi connectivity index (χ4v) is 4.15. The number of hydrogen-bond donors (Lipinski definition) is 2. The molecular weight excluding hydrogens is 430 g/mol. The van der Waals surface area contributed by atoms with E-state index in [9.17, 15) is 13.9 Å². The number of alkyl halides is 2. The third-order valence-corrected chi connectivity index (χ3v) is 5.97. The quantitative estimate of drug-likeness (QED) is 0.506. The first-order chi connectivity index (χ1) is 16.0. The van der Waals surface area contributed by atoms with Gasteiger partial charge in [0.1, 0.15) is 0 Å². The van der Waals surface area contributed by atoms with Crippen molar-refractivity contribution in [1.29, 1.82) is 0 Å². The maximum atomic E-state index is 12.3. The first-order valence-corrected chi connectivity index (χ1v) is 11.0. The van der Waals surface area contributed by atoms with E-state index in [-0.39, 0.29) is 11.5 Å². The van der Waals surface area contributed by atoms with Crippen LogP contribution >= 0.6 is 0 Å². The fraction of sp³-hybridized carbons (Fsp3) is 0.417. The number of halogens is 2. The van der Waals surface area contributed by atoms with Gasteiger partial charge in [-0.15, -0.1) is 0 Å². The summed E-state index contributed by atoms with van der Waals surface area (Å²) in [5.41, 5.74) is 3.75. The van der Waals surface area contributed by atoms with Crippen molar-refractivity contribution < 1.29 is 23.4 Å². The van der Waals surface area contributed by atoms with E-state index in [0.717, 1.165) is 55.5 Å². The van der Waals surface area contributed by atoms with Crippen molar-refractivity contribution in [1.82, 2.24) is 20.2 Å². The average Bonchev–Trinajstić information content (AvgIpc) is 2.83. The highest BCUT2D eigenvalue weighted by Gasteiger charge is 2.19. The second-order valence-corrected chi connectivity index (χ2v) is 8.12. The molecule has 176 valence electrons. The van der Waals surface area contributed by atoms with Crippen molar-refractivity contribution in [3.63, 3.8) is 0 Å². The summed E-state index contributed by atoms with van der Waals surface area (Å²) in [5, 5.41) is 13.3. The van der Waals surface area contributed by atoms with Crippen LogP contribution < -0.4 is 14.8 Å². The number of phenolic OH excluding ortho intramolecular Hbond substituents is 1. The molecule has 2 N–H and O–H groups in total. The molecule has 0 unspecified atom stereocenters. The number of likely N-dealkylation sites (tertiary alicyclic amines) is 1. The zero-order chi connectivity index (χ0) is 23.2. The molecule has 7 nitrogen and oxygen atoms in total. The lowest BCUT2D eigenvalue weighted by Gasteiger charge is -2.32. The Morgan fingerprint density at radius 3 is 2.73 bits per heavy atom. The van der Waals surface area contributed by atoms with E-state index < -0.39 is 6.61 Å². The minimum absolute atomic E-state index is 0.210. The molecular formula is C24H28F2N4O3. The molecule has 1 fully saturated rings. The van der Waals surface area contributed by atoms with Gasteiger partial charge in [0, 0.05) is 31.4 Å². The van der Waals surface area contributed by atoms with Crippen LogP contribution in [0.2, 0.25) is 0 Å². The summed E-state index contributed by atoms with van der Waals surface area (Å²) in [6.45, 7) is 0.531. The number of aromatic hydroxyl groups is 1. The minimum Gasteiger partial charge on any atom is -0.504 e. The molecule has 2 aromatic heterocycles. The van der Waals surface area contributed by atoms with Gasteiger partial charge in [0.2, 0.25) is 5.88 Å². The second-order valence-electron chi connectivity index (χ2n) is 8.12. The number of benzene rings is 1. The summed E-state index contributed by atoms with van der Waals surface area (Å²) in [7, 11) is 1.61. The molecule has 0 atom stereocenters. The van der Waals surface area contributed by atoms with Crippen LogP contribution in [-0.4, -0.2) is 59.4 Å². The number of hydrogen-bond acceptors (Lipinski definition) is 7. The molecule has 3 heterocycles. The van der Waals surface area contributed by atoms with Gasteiger partial charge in [0.25, 0.3) is 0 Å². The van der Waals surface area contributed by atoms with Gasteiger partial charge < -0.3 is 24.8 Å². The molecule has 4 rings (SSSR count). The summed E-state index contributed by atoms with van der Waals surface area (Å²) in [4.78, 5) is 11.4. The zero-order valence-electron chi connectivity index (χ0n) is 18.5. The Kier molecular flexibility index (Phi) is 7.51. The number of fused-ring (bicyclic) bond motifs is 1. The number of piperidine rings is 1. The van der Waals surface area contributed by atoms with Gasteiger partial charge in [-0.3, -0.25) is 4.98 Å². The highest BCUT2D eigenvalue weighted by molar-refractivity contribution is 5.78. The van der Waals surface area contributed by atoms with Gasteiger partial charge in [-0.25, -0.2) is 4.98 Å². The predicted octanol–water partition coefficient (Wildman–Crippen LogP) is 3.74. The number of methoxy groups -OCH3 is 1. The first-order valence-electron chi connectivity index (χ1n) is 11.0. The Hall–Kier alpha value is -3.04. The van der Waals surface area contributed by atoms with Crippen molar-refractivity contribution in [3.8, 4) is 17.4 Å². The van der Waals surface area contributed by atoms with Gasteiger partial charge in [-0.2, -0.15) is 8.78 Å².